The van der Waals surface area contributed by atoms with Gasteiger partial charge >= 0.3 is 0 Å². The normalized spacial score (nSPS) is 11.1. The van der Waals surface area contributed by atoms with Gasteiger partial charge in [0.2, 0.25) is 15.9 Å². The number of aromatic nitrogens is 1. The lowest BCUT2D eigenvalue weighted by Crippen LogP contribution is -2.37. The lowest BCUT2D eigenvalue weighted by Gasteiger charge is -2.08. The van der Waals surface area contributed by atoms with Crippen molar-refractivity contribution < 1.29 is 13.2 Å². The van der Waals surface area contributed by atoms with Crippen molar-refractivity contribution in [2.45, 2.75) is 13.0 Å². The van der Waals surface area contributed by atoms with Crippen LogP contribution in [0.5, 0.6) is 0 Å². The van der Waals surface area contributed by atoms with E-state index >= 15 is 0 Å². The molecule has 7 heteroatoms. The van der Waals surface area contributed by atoms with Gasteiger partial charge in [0, 0.05) is 18.9 Å². The molecule has 23 heavy (non-hydrogen) atoms. The van der Waals surface area contributed by atoms with Gasteiger partial charge in [-0.3, -0.25) is 9.78 Å². The topological polar surface area (TPSA) is 88.2 Å². The highest BCUT2D eigenvalue weighted by Crippen LogP contribution is 2.01. The van der Waals surface area contributed by atoms with E-state index in [2.05, 4.69) is 15.0 Å². The van der Waals surface area contributed by atoms with Crippen molar-refractivity contribution in [3.05, 3.63) is 66.0 Å². The zero-order valence-electron chi connectivity index (χ0n) is 12.6. The molecule has 0 aliphatic carbocycles. The minimum Gasteiger partial charge on any atom is -0.351 e. The van der Waals surface area contributed by atoms with Crippen LogP contribution in [0, 0.1) is 0 Å². The van der Waals surface area contributed by atoms with E-state index in [9.17, 15) is 13.2 Å². The highest BCUT2D eigenvalue weighted by atomic mass is 32.2. The molecule has 0 bridgehead atoms. The van der Waals surface area contributed by atoms with Gasteiger partial charge in [-0.15, -0.1) is 0 Å². The number of amides is 1. The van der Waals surface area contributed by atoms with E-state index in [1.807, 2.05) is 36.4 Å². The third-order valence-electron chi connectivity index (χ3n) is 3.17. The summed E-state index contributed by atoms with van der Waals surface area (Å²) < 4.78 is 26.1. The number of hydrogen-bond acceptors (Lipinski definition) is 4. The molecule has 0 aliphatic rings. The lowest BCUT2D eigenvalue weighted by molar-refractivity contribution is -0.120. The molecule has 1 heterocycles. The Morgan fingerprint density at radius 2 is 1.78 bits per heavy atom. The Kier molecular flexibility index (Phi) is 6.25. The van der Waals surface area contributed by atoms with Crippen LogP contribution in [0.2, 0.25) is 0 Å². The lowest BCUT2D eigenvalue weighted by atomic mass is 10.2. The minimum absolute atomic E-state index is 0.0487. The molecule has 0 aliphatic heterocycles. The zero-order valence-corrected chi connectivity index (χ0v) is 13.4. The van der Waals surface area contributed by atoms with E-state index in [1.165, 1.54) is 0 Å². The van der Waals surface area contributed by atoms with E-state index in [1.54, 1.807) is 18.5 Å². The maximum Gasteiger partial charge on any atom is 0.235 e. The summed E-state index contributed by atoms with van der Waals surface area (Å²) in [6.07, 6.45) is 3.70. The Labute approximate surface area is 136 Å². The molecule has 0 unspecified atom stereocenters. The van der Waals surface area contributed by atoms with Gasteiger partial charge < -0.3 is 5.32 Å². The second kappa shape index (κ2) is 8.40. The van der Waals surface area contributed by atoms with Crippen LogP contribution in [-0.2, 0) is 27.8 Å². The van der Waals surface area contributed by atoms with Crippen LogP contribution in [-0.4, -0.2) is 31.6 Å². The summed E-state index contributed by atoms with van der Waals surface area (Å²) in [5.74, 6) is -0.426. The molecule has 2 N–H and O–H groups in total. The number of nitrogens with zero attached hydrogens (tertiary/aromatic N) is 1. The van der Waals surface area contributed by atoms with Crippen LogP contribution in [0.1, 0.15) is 11.1 Å². The van der Waals surface area contributed by atoms with Crippen LogP contribution < -0.4 is 10.0 Å². The summed E-state index contributed by atoms with van der Waals surface area (Å²) in [7, 11) is -3.48. The van der Waals surface area contributed by atoms with E-state index in [4.69, 9.17) is 0 Å². The van der Waals surface area contributed by atoms with Crippen molar-refractivity contribution >= 4 is 15.9 Å². The first kappa shape index (κ1) is 17.1. The number of nitrogens with one attached hydrogen (secondary N) is 2. The van der Waals surface area contributed by atoms with Crippen molar-refractivity contribution in [1.29, 1.82) is 0 Å². The van der Waals surface area contributed by atoms with Crippen molar-refractivity contribution in [2.75, 3.05) is 12.3 Å². The highest BCUT2D eigenvalue weighted by molar-refractivity contribution is 7.89. The smallest absolute Gasteiger partial charge is 0.235 e. The van der Waals surface area contributed by atoms with Crippen molar-refractivity contribution in [3.8, 4) is 0 Å². The average molecular weight is 333 g/mol. The molecule has 1 aromatic carbocycles. The molecule has 1 amide bonds. The molecule has 2 rings (SSSR count). The van der Waals surface area contributed by atoms with E-state index in [0.29, 0.717) is 13.0 Å². The third kappa shape index (κ3) is 6.58. The zero-order chi connectivity index (χ0) is 16.5. The van der Waals surface area contributed by atoms with Gasteiger partial charge in [-0.2, -0.15) is 0 Å². The SMILES string of the molecule is O=C(CNS(=O)(=O)CCc1ccccc1)NCc1cccnc1. The maximum absolute atomic E-state index is 11.9. The molecule has 6 nitrogen and oxygen atoms in total. The maximum atomic E-state index is 11.9. The van der Waals surface area contributed by atoms with Crippen molar-refractivity contribution in [3.63, 3.8) is 0 Å². The van der Waals surface area contributed by atoms with E-state index in [-0.39, 0.29) is 18.2 Å². The van der Waals surface area contributed by atoms with Gasteiger partial charge in [0.1, 0.15) is 0 Å². The number of pyridine rings is 1. The summed E-state index contributed by atoms with van der Waals surface area (Å²) >= 11 is 0. The molecule has 0 saturated carbocycles. The van der Waals surface area contributed by atoms with Gasteiger partial charge in [0.05, 0.1) is 12.3 Å². The predicted octanol–water partition coefficient (Wildman–Crippen LogP) is 0.860. The molecule has 0 spiro atoms. The van der Waals surface area contributed by atoms with Gasteiger partial charge in [-0.05, 0) is 23.6 Å². The average Bonchev–Trinajstić information content (AvgIpc) is 2.58. The third-order valence-corrected chi connectivity index (χ3v) is 4.49. The number of hydrogen-bond donors (Lipinski definition) is 2. The monoisotopic (exact) mass is 333 g/mol. The van der Waals surface area contributed by atoms with Crippen LogP contribution in [0.25, 0.3) is 0 Å². The Hall–Kier alpha value is -2.25. The number of rotatable bonds is 8. The van der Waals surface area contributed by atoms with Gasteiger partial charge in [0.25, 0.3) is 0 Å². The first-order chi connectivity index (χ1) is 11.1. The molecule has 122 valence electrons. The molecule has 0 radical (unpaired) electrons. The van der Waals surface area contributed by atoms with E-state index < -0.39 is 10.0 Å². The Balaban J connectivity index is 1.72. The molecule has 0 atom stereocenters. The van der Waals surface area contributed by atoms with Crippen molar-refractivity contribution in [2.24, 2.45) is 0 Å². The predicted molar refractivity (Wildman–Crippen MR) is 88.0 cm³/mol. The molecule has 0 saturated heterocycles. The molecule has 1 aromatic heterocycles. The Morgan fingerprint density at radius 3 is 2.48 bits per heavy atom. The number of benzene rings is 1. The summed E-state index contributed by atoms with van der Waals surface area (Å²) in [4.78, 5) is 15.6. The standard InChI is InChI=1S/C16H19N3O3S/c20-16(18-12-15-7-4-9-17-11-15)13-19-23(21,22)10-8-14-5-2-1-3-6-14/h1-7,9,11,19H,8,10,12-13H2,(H,18,20). The summed E-state index contributed by atoms with van der Waals surface area (Å²) in [5.41, 5.74) is 1.80. The molecular formula is C16H19N3O3S. The second-order valence-electron chi connectivity index (χ2n) is 5.01. The first-order valence-electron chi connectivity index (χ1n) is 7.22. The molecule has 2 aromatic rings. The number of aryl methyl sites for hydroxylation is 1. The largest absolute Gasteiger partial charge is 0.351 e. The summed E-state index contributed by atoms with van der Waals surface area (Å²) in [6, 6.07) is 12.9. The minimum atomic E-state index is -3.48. The van der Waals surface area contributed by atoms with Crippen LogP contribution in [0.3, 0.4) is 0 Å². The fourth-order valence-corrected chi connectivity index (χ4v) is 2.91. The second-order valence-corrected chi connectivity index (χ2v) is 6.94. The fourth-order valence-electron chi connectivity index (χ4n) is 1.91. The van der Waals surface area contributed by atoms with Gasteiger partial charge in [-0.25, -0.2) is 13.1 Å². The number of sulfonamides is 1. The van der Waals surface area contributed by atoms with Crippen LogP contribution >= 0.6 is 0 Å². The Morgan fingerprint density at radius 1 is 1.04 bits per heavy atom. The van der Waals surface area contributed by atoms with E-state index in [0.717, 1.165) is 11.1 Å². The number of carbonyl (C=O) groups is 1. The highest BCUT2D eigenvalue weighted by Gasteiger charge is 2.12. The molecular weight excluding hydrogens is 314 g/mol. The van der Waals surface area contributed by atoms with Crippen LogP contribution in [0.15, 0.2) is 54.9 Å². The quantitative estimate of drug-likeness (QED) is 0.750. The first-order valence-corrected chi connectivity index (χ1v) is 8.87. The number of carbonyl (C=O) groups excluding carboxylic acids is 1. The van der Waals surface area contributed by atoms with Crippen molar-refractivity contribution in [1.82, 2.24) is 15.0 Å². The van der Waals surface area contributed by atoms with Gasteiger partial charge in [-0.1, -0.05) is 36.4 Å². The summed E-state index contributed by atoms with van der Waals surface area (Å²) in [5, 5.41) is 2.64. The summed E-state index contributed by atoms with van der Waals surface area (Å²) in [6.45, 7) is 0.0514. The van der Waals surface area contributed by atoms with Crippen LogP contribution in [0.4, 0.5) is 0 Å². The Bertz CT molecular complexity index is 719. The van der Waals surface area contributed by atoms with Gasteiger partial charge in [0.15, 0.2) is 0 Å². The molecule has 0 fully saturated rings. The fraction of sp³-hybridized carbons (Fsp3) is 0.250.